The molecule has 2 rings (SSSR count). The third-order valence-electron chi connectivity index (χ3n) is 4.22. The molecule has 0 fully saturated rings. The number of ether oxygens (including phenoxy) is 1. The zero-order chi connectivity index (χ0) is 21.4. The molecule has 0 spiro atoms. The van der Waals surface area contributed by atoms with Crippen molar-refractivity contribution >= 4 is 41.5 Å². The van der Waals surface area contributed by atoms with E-state index in [0.717, 1.165) is 0 Å². The third kappa shape index (κ3) is 7.06. The molecule has 0 aliphatic carbocycles. The predicted molar refractivity (Wildman–Crippen MR) is 119 cm³/mol. The van der Waals surface area contributed by atoms with Crippen LogP contribution in [0.2, 0.25) is 0 Å². The molecular formula is C21H27ClN4O4. The van der Waals surface area contributed by atoms with E-state index in [1.54, 1.807) is 55.6 Å². The first-order valence-corrected chi connectivity index (χ1v) is 9.19. The number of halogens is 1. The van der Waals surface area contributed by atoms with Crippen LogP contribution in [0.5, 0.6) is 5.75 Å². The van der Waals surface area contributed by atoms with Crippen LogP contribution in [0.25, 0.3) is 0 Å². The van der Waals surface area contributed by atoms with E-state index in [2.05, 4.69) is 16.0 Å². The lowest BCUT2D eigenvalue weighted by Gasteiger charge is -2.16. The molecule has 1 atom stereocenters. The van der Waals surface area contributed by atoms with Crippen LogP contribution in [0.15, 0.2) is 48.5 Å². The van der Waals surface area contributed by atoms with Crippen LogP contribution in [0, 0.1) is 5.92 Å². The molecule has 0 saturated heterocycles. The van der Waals surface area contributed by atoms with E-state index in [-0.39, 0.29) is 36.3 Å². The molecule has 0 bridgehead atoms. The lowest BCUT2D eigenvalue weighted by Crippen LogP contribution is -2.46. The van der Waals surface area contributed by atoms with Crippen LogP contribution in [0.1, 0.15) is 24.2 Å². The van der Waals surface area contributed by atoms with E-state index >= 15 is 0 Å². The highest BCUT2D eigenvalue weighted by molar-refractivity contribution is 6.10. The Bertz CT molecular complexity index is 889. The Kier molecular flexibility index (Phi) is 9.80. The Labute approximate surface area is 182 Å². The molecule has 0 aliphatic heterocycles. The third-order valence-corrected chi connectivity index (χ3v) is 4.22. The van der Waals surface area contributed by atoms with E-state index in [1.807, 2.05) is 13.8 Å². The maximum absolute atomic E-state index is 12.7. The SMILES string of the molecule is COc1cccc(NC(=O)c2ccccc2NC(=O)CNC(=O)[C@@H](N)C(C)C)c1.Cl. The van der Waals surface area contributed by atoms with Gasteiger partial charge in [-0.25, -0.2) is 0 Å². The summed E-state index contributed by atoms with van der Waals surface area (Å²) in [5, 5.41) is 7.91. The number of hydrogen-bond acceptors (Lipinski definition) is 5. The molecule has 8 nitrogen and oxygen atoms in total. The lowest BCUT2D eigenvalue weighted by molar-refractivity contribution is -0.125. The number of amides is 3. The van der Waals surface area contributed by atoms with Crippen molar-refractivity contribution in [3.8, 4) is 5.75 Å². The number of para-hydroxylation sites is 1. The van der Waals surface area contributed by atoms with E-state index in [9.17, 15) is 14.4 Å². The van der Waals surface area contributed by atoms with Crippen LogP contribution < -0.4 is 26.4 Å². The van der Waals surface area contributed by atoms with E-state index in [4.69, 9.17) is 10.5 Å². The van der Waals surface area contributed by atoms with Crippen molar-refractivity contribution in [3.05, 3.63) is 54.1 Å². The van der Waals surface area contributed by atoms with Crippen LogP contribution in [-0.4, -0.2) is 37.4 Å². The van der Waals surface area contributed by atoms with Crippen molar-refractivity contribution in [2.45, 2.75) is 19.9 Å². The standard InChI is InChI=1S/C21H26N4O4.ClH/c1-13(2)19(22)21(28)23-12-18(26)25-17-10-5-4-9-16(17)20(27)24-14-7-6-8-15(11-14)29-3;/h4-11,13,19H,12,22H2,1-3H3,(H,23,28)(H,24,27)(H,25,26);1H/t19-;/m0./s1. The number of nitrogens with one attached hydrogen (secondary N) is 3. The number of hydrogen-bond donors (Lipinski definition) is 4. The van der Waals surface area contributed by atoms with Gasteiger partial charge in [0, 0.05) is 11.8 Å². The Morgan fingerprint density at radius 1 is 1.03 bits per heavy atom. The summed E-state index contributed by atoms with van der Waals surface area (Å²) in [4.78, 5) is 36.7. The molecule has 0 saturated carbocycles. The number of carbonyl (C=O) groups excluding carboxylic acids is 3. The van der Waals surface area contributed by atoms with Gasteiger partial charge in [0.1, 0.15) is 5.75 Å². The minimum atomic E-state index is -0.691. The minimum absolute atomic E-state index is 0. The molecule has 0 unspecified atom stereocenters. The van der Waals surface area contributed by atoms with Gasteiger partial charge in [-0.3, -0.25) is 14.4 Å². The number of methoxy groups -OCH3 is 1. The maximum atomic E-state index is 12.7. The van der Waals surface area contributed by atoms with E-state index < -0.39 is 17.9 Å². The van der Waals surface area contributed by atoms with E-state index in [0.29, 0.717) is 17.1 Å². The van der Waals surface area contributed by atoms with Gasteiger partial charge in [-0.2, -0.15) is 0 Å². The second-order valence-corrected chi connectivity index (χ2v) is 6.77. The average molecular weight is 435 g/mol. The van der Waals surface area contributed by atoms with Crippen LogP contribution in [0.3, 0.4) is 0 Å². The Morgan fingerprint density at radius 2 is 1.73 bits per heavy atom. The summed E-state index contributed by atoms with van der Waals surface area (Å²) >= 11 is 0. The van der Waals surface area contributed by atoms with Gasteiger partial charge in [0.25, 0.3) is 5.91 Å². The number of nitrogens with two attached hydrogens (primary N) is 1. The molecule has 2 aromatic carbocycles. The zero-order valence-electron chi connectivity index (χ0n) is 17.1. The molecule has 3 amide bonds. The average Bonchev–Trinajstić information content (AvgIpc) is 2.71. The van der Waals surface area contributed by atoms with Crippen molar-refractivity contribution in [1.82, 2.24) is 5.32 Å². The Hall–Kier alpha value is -3.10. The molecule has 2 aromatic rings. The summed E-state index contributed by atoms with van der Waals surface area (Å²) in [6, 6.07) is 12.9. The topological polar surface area (TPSA) is 123 Å². The largest absolute Gasteiger partial charge is 0.497 e. The summed E-state index contributed by atoms with van der Waals surface area (Å²) in [5.74, 6) is -0.686. The summed E-state index contributed by atoms with van der Waals surface area (Å²) in [7, 11) is 1.54. The fourth-order valence-corrected chi connectivity index (χ4v) is 2.47. The van der Waals surface area contributed by atoms with Gasteiger partial charge in [-0.1, -0.05) is 32.0 Å². The highest BCUT2D eigenvalue weighted by Gasteiger charge is 2.18. The van der Waals surface area contributed by atoms with Gasteiger partial charge in [0.2, 0.25) is 11.8 Å². The minimum Gasteiger partial charge on any atom is -0.497 e. The normalized spacial score (nSPS) is 11.1. The molecule has 0 radical (unpaired) electrons. The van der Waals surface area contributed by atoms with Gasteiger partial charge >= 0.3 is 0 Å². The highest BCUT2D eigenvalue weighted by atomic mass is 35.5. The van der Waals surface area contributed by atoms with Gasteiger partial charge in [-0.15, -0.1) is 12.4 Å². The van der Waals surface area contributed by atoms with Crippen LogP contribution >= 0.6 is 12.4 Å². The molecule has 0 aromatic heterocycles. The molecule has 0 heterocycles. The number of anilines is 2. The summed E-state index contributed by atoms with van der Waals surface area (Å²) in [6.45, 7) is 3.40. The van der Waals surface area contributed by atoms with Crippen molar-refractivity contribution in [2.75, 3.05) is 24.3 Å². The molecule has 30 heavy (non-hydrogen) atoms. The number of carbonyl (C=O) groups is 3. The quantitative estimate of drug-likeness (QED) is 0.508. The van der Waals surface area contributed by atoms with Gasteiger partial charge in [-0.05, 0) is 30.2 Å². The molecule has 5 N–H and O–H groups in total. The second kappa shape index (κ2) is 11.8. The smallest absolute Gasteiger partial charge is 0.257 e. The lowest BCUT2D eigenvalue weighted by atomic mass is 10.1. The highest BCUT2D eigenvalue weighted by Crippen LogP contribution is 2.20. The summed E-state index contributed by atoms with van der Waals surface area (Å²) < 4.78 is 5.14. The fraction of sp³-hybridized carbons (Fsp3) is 0.286. The Morgan fingerprint density at radius 3 is 2.40 bits per heavy atom. The molecule has 162 valence electrons. The van der Waals surface area contributed by atoms with Crippen molar-refractivity contribution in [2.24, 2.45) is 11.7 Å². The fourth-order valence-electron chi connectivity index (χ4n) is 2.47. The van der Waals surface area contributed by atoms with Gasteiger partial charge in [0.05, 0.1) is 30.9 Å². The summed E-state index contributed by atoms with van der Waals surface area (Å²) in [5.41, 5.74) is 6.93. The summed E-state index contributed by atoms with van der Waals surface area (Å²) in [6.07, 6.45) is 0. The van der Waals surface area contributed by atoms with Gasteiger partial charge in [0.15, 0.2) is 0 Å². The molecular weight excluding hydrogens is 408 g/mol. The van der Waals surface area contributed by atoms with Crippen molar-refractivity contribution < 1.29 is 19.1 Å². The first-order valence-electron chi connectivity index (χ1n) is 9.19. The maximum Gasteiger partial charge on any atom is 0.257 e. The predicted octanol–water partition coefficient (Wildman–Crippen LogP) is 2.41. The van der Waals surface area contributed by atoms with E-state index in [1.165, 1.54) is 0 Å². The van der Waals surface area contributed by atoms with Crippen LogP contribution in [0.4, 0.5) is 11.4 Å². The first-order chi connectivity index (χ1) is 13.8. The van der Waals surface area contributed by atoms with Crippen LogP contribution in [-0.2, 0) is 9.59 Å². The molecule has 9 heteroatoms. The Balaban J connectivity index is 0.00000450. The van der Waals surface area contributed by atoms with Crippen molar-refractivity contribution in [1.29, 1.82) is 0 Å². The number of rotatable bonds is 8. The zero-order valence-corrected chi connectivity index (χ0v) is 17.9. The monoisotopic (exact) mass is 434 g/mol. The first kappa shape index (κ1) is 24.9. The van der Waals surface area contributed by atoms with Gasteiger partial charge < -0.3 is 26.4 Å². The van der Waals surface area contributed by atoms with Crippen molar-refractivity contribution in [3.63, 3.8) is 0 Å². The second-order valence-electron chi connectivity index (χ2n) is 6.77. The molecule has 0 aliphatic rings. The number of benzene rings is 2.